The van der Waals surface area contributed by atoms with Gasteiger partial charge in [-0.15, -0.1) is 0 Å². The molecule has 0 atom stereocenters. The predicted molar refractivity (Wildman–Crippen MR) is 92.0 cm³/mol. The van der Waals surface area contributed by atoms with Crippen LogP contribution in [0.5, 0.6) is 5.75 Å². The average Bonchev–Trinajstić information content (AvgIpc) is 2.36. The van der Waals surface area contributed by atoms with Gasteiger partial charge in [0.1, 0.15) is 5.75 Å². The minimum atomic E-state index is -0.190. The van der Waals surface area contributed by atoms with Gasteiger partial charge in [0.05, 0.1) is 12.3 Å². The Kier molecular flexibility index (Phi) is 6.72. The second kappa shape index (κ2) is 8.06. The number of carbonyl (C=O) groups excluding carboxylic acids is 1. The Morgan fingerprint density at radius 1 is 1.32 bits per heavy atom. The lowest BCUT2D eigenvalue weighted by atomic mass is 10.1. The predicted octanol–water partition coefficient (Wildman–Crippen LogP) is 3.54. The summed E-state index contributed by atoms with van der Waals surface area (Å²) in [6, 6.07) is 5.77. The number of rotatable bonds is 7. The fourth-order valence-corrected chi connectivity index (χ4v) is 2.03. The Hall–Kier alpha value is -1.71. The summed E-state index contributed by atoms with van der Waals surface area (Å²) in [5.41, 5.74) is 7.52. The molecule has 0 unspecified atom stereocenters. The third-order valence-corrected chi connectivity index (χ3v) is 3.18. The van der Waals surface area contributed by atoms with Crippen molar-refractivity contribution >= 4 is 11.6 Å². The monoisotopic (exact) mass is 306 g/mol. The zero-order chi connectivity index (χ0) is 16.8. The van der Waals surface area contributed by atoms with E-state index >= 15 is 0 Å². The molecule has 0 radical (unpaired) electrons. The van der Waals surface area contributed by atoms with Gasteiger partial charge in [0.25, 0.3) is 0 Å². The molecule has 0 heterocycles. The quantitative estimate of drug-likeness (QED) is 0.757. The van der Waals surface area contributed by atoms with Crippen molar-refractivity contribution in [3.8, 4) is 5.75 Å². The summed E-state index contributed by atoms with van der Waals surface area (Å²) in [4.78, 5) is 11.8. The van der Waals surface area contributed by atoms with Gasteiger partial charge >= 0.3 is 0 Å². The summed E-state index contributed by atoms with van der Waals surface area (Å²) in [6.45, 7) is 10.9. The van der Waals surface area contributed by atoms with Crippen LogP contribution in [0.15, 0.2) is 18.2 Å². The normalized spacial score (nSPS) is 11.5. The average molecular weight is 306 g/mol. The Morgan fingerprint density at radius 2 is 2.00 bits per heavy atom. The molecule has 0 saturated carbocycles. The first kappa shape index (κ1) is 18.3. The van der Waals surface area contributed by atoms with Crippen LogP contribution >= 0.6 is 0 Å². The third kappa shape index (κ3) is 7.34. The van der Waals surface area contributed by atoms with E-state index in [1.165, 1.54) is 0 Å². The van der Waals surface area contributed by atoms with Crippen molar-refractivity contribution in [1.82, 2.24) is 5.32 Å². The van der Waals surface area contributed by atoms with Gasteiger partial charge in [0.2, 0.25) is 5.91 Å². The molecule has 3 N–H and O–H groups in total. The number of hydrogen-bond acceptors (Lipinski definition) is 3. The maximum Gasteiger partial charge on any atom is 0.220 e. The molecule has 0 saturated heterocycles. The number of nitrogen functional groups attached to an aromatic ring is 1. The van der Waals surface area contributed by atoms with Crippen LogP contribution in [0.1, 0.15) is 53.0 Å². The van der Waals surface area contributed by atoms with E-state index in [4.69, 9.17) is 10.5 Å². The molecule has 1 rings (SSSR count). The number of ether oxygens (including phenoxy) is 1. The molecule has 0 aliphatic rings. The highest BCUT2D eigenvalue weighted by atomic mass is 16.5. The molecule has 1 aromatic carbocycles. The van der Waals surface area contributed by atoms with Gasteiger partial charge in [-0.1, -0.05) is 19.9 Å². The molecule has 0 bridgehead atoms. The number of aryl methyl sites for hydroxylation is 1. The number of amides is 1. The second-order valence-electron chi connectivity index (χ2n) is 7.20. The Bertz CT molecular complexity index is 490. The molecule has 0 fully saturated rings. The van der Waals surface area contributed by atoms with Gasteiger partial charge in [-0.2, -0.15) is 0 Å². The summed E-state index contributed by atoms with van der Waals surface area (Å²) in [5.74, 6) is 1.40. The Labute approximate surface area is 134 Å². The fourth-order valence-electron chi connectivity index (χ4n) is 2.03. The van der Waals surface area contributed by atoms with Gasteiger partial charge in [0, 0.05) is 12.0 Å². The molecule has 0 aliphatic heterocycles. The van der Waals surface area contributed by atoms with E-state index in [1.807, 2.05) is 39.0 Å². The van der Waals surface area contributed by atoms with E-state index < -0.39 is 0 Å². The van der Waals surface area contributed by atoms with Crippen molar-refractivity contribution in [2.45, 2.75) is 59.4 Å². The van der Waals surface area contributed by atoms with Crippen LogP contribution in [0.4, 0.5) is 5.69 Å². The summed E-state index contributed by atoms with van der Waals surface area (Å²) in [6.07, 6.45) is 2.15. The van der Waals surface area contributed by atoms with Gasteiger partial charge in [-0.3, -0.25) is 4.79 Å². The highest BCUT2D eigenvalue weighted by Crippen LogP contribution is 2.23. The van der Waals surface area contributed by atoms with Gasteiger partial charge in [-0.25, -0.2) is 0 Å². The molecule has 0 spiro atoms. The van der Waals surface area contributed by atoms with Crippen molar-refractivity contribution in [3.63, 3.8) is 0 Å². The van der Waals surface area contributed by atoms with E-state index in [0.29, 0.717) is 31.1 Å². The Balaban J connectivity index is 2.49. The first-order valence-electron chi connectivity index (χ1n) is 7.99. The molecule has 1 aromatic rings. The van der Waals surface area contributed by atoms with E-state index in [9.17, 15) is 4.79 Å². The van der Waals surface area contributed by atoms with Crippen LogP contribution in [-0.4, -0.2) is 18.1 Å². The number of nitrogens with two attached hydrogens (primary N) is 1. The highest BCUT2D eigenvalue weighted by Gasteiger charge is 2.13. The number of benzene rings is 1. The van der Waals surface area contributed by atoms with Gasteiger partial charge in [-0.05, 0) is 57.2 Å². The van der Waals surface area contributed by atoms with E-state index in [-0.39, 0.29) is 11.4 Å². The molecule has 0 aliphatic carbocycles. The smallest absolute Gasteiger partial charge is 0.220 e. The van der Waals surface area contributed by atoms with Crippen molar-refractivity contribution in [2.75, 3.05) is 12.3 Å². The minimum absolute atomic E-state index is 0.0586. The maximum absolute atomic E-state index is 11.8. The van der Waals surface area contributed by atoms with Crippen LogP contribution in [0.2, 0.25) is 0 Å². The van der Waals surface area contributed by atoms with E-state index in [2.05, 4.69) is 19.2 Å². The Morgan fingerprint density at radius 3 is 2.55 bits per heavy atom. The lowest BCUT2D eigenvalue weighted by Crippen LogP contribution is -2.40. The molecular formula is C18H30N2O2. The second-order valence-corrected chi connectivity index (χ2v) is 7.20. The summed E-state index contributed by atoms with van der Waals surface area (Å²) >= 11 is 0. The zero-order valence-electron chi connectivity index (χ0n) is 14.5. The van der Waals surface area contributed by atoms with Crippen molar-refractivity contribution in [1.29, 1.82) is 0 Å². The lowest BCUT2D eigenvalue weighted by molar-refractivity contribution is -0.122. The summed E-state index contributed by atoms with van der Waals surface area (Å²) < 4.78 is 5.69. The van der Waals surface area contributed by atoms with Gasteiger partial charge < -0.3 is 15.8 Å². The van der Waals surface area contributed by atoms with Crippen LogP contribution in [0.3, 0.4) is 0 Å². The molecular weight excluding hydrogens is 276 g/mol. The summed E-state index contributed by atoms with van der Waals surface area (Å²) in [5, 5.41) is 2.96. The summed E-state index contributed by atoms with van der Waals surface area (Å²) in [7, 11) is 0. The van der Waals surface area contributed by atoms with Crippen molar-refractivity contribution in [2.24, 2.45) is 5.92 Å². The van der Waals surface area contributed by atoms with Crippen LogP contribution < -0.4 is 15.8 Å². The highest BCUT2D eigenvalue weighted by molar-refractivity contribution is 5.77. The first-order valence-corrected chi connectivity index (χ1v) is 7.99. The number of carbonyl (C=O) groups is 1. The standard InChI is InChI=1S/C18H30N2O2/c1-13(2)10-11-22-16-8-6-14(12-15(16)19)7-9-17(21)20-18(3,4)5/h6,8,12-13H,7,9-11,19H2,1-5H3,(H,20,21). The maximum atomic E-state index is 11.8. The topological polar surface area (TPSA) is 64.3 Å². The fraction of sp³-hybridized carbons (Fsp3) is 0.611. The number of anilines is 1. The number of hydrogen-bond donors (Lipinski definition) is 2. The van der Waals surface area contributed by atoms with E-state index in [0.717, 1.165) is 17.7 Å². The lowest BCUT2D eigenvalue weighted by Gasteiger charge is -2.20. The van der Waals surface area contributed by atoms with Crippen LogP contribution in [-0.2, 0) is 11.2 Å². The molecule has 4 nitrogen and oxygen atoms in total. The zero-order valence-corrected chi connectivity index (χ0v) is 14.5. The molecule has 0 aromatic heterocycles. The first-order chi connectivity index (χ1) is 10.2. The van der Waals surface area contributed by atoms with Crippen LogP contribution in [0.25, 0.3) is 0 Å². The van der Waals surface area contributed by atoms with Crippen molar-refractivity contribution in [3.05, 3.63) is 23.8 Å². The molecule has 1 amide bonds. The van der Waals surface area contributed by atoms with Crippen molar-refractivity contribution < 1.29 is 9.53 Å². The molecule has 22 heavy (non-hydrogen) atoms. The third-order valence-electron chi connectivity index (χ3n) is 3.18. The number of nitrogens with one attached hydrogen (secondary N) is 1. The van der Waals surface area contributed by atoms with Crippen LogP contribution in [0, 0.1) is 5.92 Å². The van der Waals surface area contributed by atoms with Gasteiger partial charge in [0.15, 0.2) is 0 Å². The molecule has 4 heteroatoms. The largest absolute Gasteiger partial charge is 0.491 e. The van der Waals surface area contributed by atoms with E-state index in [1.54, 1.807) is 0 Å². The minimum Gasteiger partial charge on any atom is -0.491 e. The SMILES string of the molecule is CC(C)CCOc1ccc(CCC(=O)NC(C)(C)C)cc1N. The molecule has 124 valence electrons.